The molecule has 1 N–H and O–H groups in total. The van der Waals surface area contributed by atoms with Crippen molar-refractivity contribution >= 4 is 0 Å². The molecule has 0 aromatic rings. The lowest BCUT2D eigenvalue weighted by molar-refractivity contribution is 0.174. The van der Waals surface area contributed by atoms with Crippen LogP contribution < -0.4 is 5.32 Å². The Morgan fingerprint density at radius 2 is 2.11 bits per heavy atom. The summed E-state index contributed by atoms with van der Waals surface area (Å²) in [4.78, 5) is 2.71. The van der Waals surface area contributed by atoms with Crippen LogP contribution in [0.4, 0.5) is 0 Å². The van der Waals surface area contributed by atoms with Gasteiger partial charge < -0.3 is 10.2 Å². The van der Waals surface area contributed by atoms with Gasteiger partial charge in [-0.1, -0.05) is 32.9 Å². The standard InChI is InChI=1S/C16H30N2/c1-16(2,3)15-13-18(11-7-10-17-15)12-14-8-5-4-6-9-14/h4-5,14-15,17H,6-13H2,1-3H3. The molecule has 2 atom stereocenters. The molecular formula is C16H30N2. The lowest BCUT2D eigenvalue weighted by Crippen LogP contribution is -2.47. The molecule has 2 unspecified atom stereocenters. The zero-order valence-corrected chi connectivity index (χ0v) is 12.4. The molecule has 1 saturated heterocycles. The van der Waals surface area contributed by atoms with Crippen molar-refractivity contribution in [3.8, 4) is 0 Å². The van der Waals surface area contributed by atoms with Crippen molar-refractivity contribution in [1.82, 2.24) is 10.2 Å². The molecule has 0 saturated carbocycles. The summed E-state index contributed by atoms with van der Waals surface area (Å²) >= 11 is 0. The van der Waals surface area contributed by atoms with Gasteiger partial charge >= 0.3 is 0 Å². The summed E-state index contributed by atoms with van der Waals surface area (Å²) in [5.41, 5.74) is 0.370. The first-order valence-electron chi connectivity index (χ1n) is 7.66. The predicted molar refractivity (Wildman–Crippen MR) is 78.8 cm³/mol. The second kappa shape index (κ2) is 6.21. The van der Waals surface area contributed by atoms with Crippen LogP contribution in [0, 0.1) is 11.3 Å². The first-order valence-corrected chi connectivity index (χ1v) is 7.66. The Kier molecular flexibility index (Phi) is 4.85. The summed E-state index contributed by atoms with van der Waals surface area (Å²) in [5.74, 6) is 0.897. The highest BCUT2D eigenvalue weighted by Crippen LogP contribution is 2.24. The Bertz CT molecular complexity index is 277. The Morgan fingerprint density at radius 1 is 1.28 bits per heavy atom. The van der Waals surface area contributed by atoms with E-state index in [1.54, 1.807) is 0 Å². The summed E-state index contributed by atoms with van der Waals surface area (Å²) in [6, 6.07) is 0.638. The molecule has 0 amide bonds. The van der Waals surface area contributed by atoms with E-state index < -0.39 is 0 Å². The molecule has 1 aliphatic carbocycles. The zero-order valence-electron chi connectivity index (χ0n) is 12.4. The Hall–Kier alpha value is -0.340. The van der Waals surface area contributed by atoms with Crippen molar-refractivity contribution < 1.29 is 0 Å². The van der Waals surface area contributed by atoms with Crippen LogP contribution in [0.1, 0.15) is 46.5 Å². The lowest BCUT2D eigenvalue weighted by atomic mass is 9.86. The van der Waals surface area contributed by atoms with Crippen LogP contribution in [-0.2, 0) is 0 Å². The summed E-state index contributed by atoms with van der Waals surface area (Å²) < 4.78 is 0. The average molecular weight is 250 g/mol. The van der Waals surface area contributed by atoms with Gasteiger partial charge in [-0.25, -0.2) is 0 Å². The smallest absolute Gasteiger partial charge is 0.0243 e. The molecule has 1 aliphatic heterocycles. The van der Waals surface area contributed by atoms with Crippen molar-refractivity contribution in [2.75, 3.05) is 26.2 Å². The van der Waals surface area contributed by atoms with Gasteiger partial charge in [0.05, 0.1) is 0 Å². The quantitative estimate of drug-likeness (QED) is 0.758. The largest absolute Gasteiger partial charge is 0.312 e. The molecule has 2 rings (SSSR count). The second-order valence-electron chi connectivity index (χ2n) is 7.14. The van der Waals surface area contributed by atoms with Crippen LogP contribution in [0.2, 0.25) is 0 Å². The van der Waals surface area contributed by atoms with Crippen LogP contribution in [-0.4, -0.2) is 37.1 Å². The topological polar surface area (TPSA) is 15.3 Å². The van der Waals surface area contributed by atoms with Crippen molar-refractivity contribution in [3.05, 3.63) is 12.2 Å². The molecule has 2 heteroatoms. The van der Waals surface area contributed by atoms with E-state index in [-0.39, 0.29) is 0 Å². The number of hydrogen-bond acceptors (Lipinski definition) is 2. The third-order valence-electron chi connectivity index (χ3n) is 4.42. The summed E-state index contributed by atoms with van der Waals surface area (Å²) in [6.07, 6.45) is 10.0. The first kappa shape index (κ1) is 14.1. The molecule has 104 valence electrons. The van der Waals surface area contributed by atoms with Crippen LogP contribution in [0.5, 0.6) is 0 Å². The van der Waals surface area contributed by atoms with Crippen LogP contribution >= 0.6 is 0 Å². The number of hydrogen-bond donors (Lipinski definition) is 1. The number of rotatable bonds is 2. The predicted octanol–water partition coefficient (Wildman–Crippen LogP) is 3.05. The Balaban J connectivity index is 1.88. The highest BCUT2D eigenvalue weighted by Gasteiger charge is 2.28. The summed E-state index contributed by atoms with van der Waals surface area (Å²) in [7, 11) is 0. The summed E-state index contributed by atoms with van der Waals surface area (Å²) in [6.45, 7) is 12.1. The van der Waals surface area contributed by atoms with Gasteiger partial charge in [0.15, 0.2) is 0 Å². The fourth-order valence-electron chi connectivity index (χ4n) is 3.13. The fraction of sp³-hybridized carbons (Fsp3) is 0.875. The highest BCUT2D eigenvalue weighted by atomic mass is 15.2. The van der Waals surface area contributed by atoms with E-state index >= 15 is 0 Å². The van der Waals surface area contributed by atoms with Crippen LogP contribution in [0.25, 0.3) is 0 Å². The van der Waals surface area contributed by atoms with Crippen molar-refractivity contribution in [2.24, 2.45) is 11.3 Å². The second-order valence-corrected chi connectivity index (χ2v) is 7.14. The van der Waals surface area contributed by atoms with Gasteiger partial charge in [0, 0.05) is 19.1 Å². The monoisotopic (exact) mass is 250 g/mol. The van der Waals surface area contributed by atoms with Gasteiger partial charge in [-0.3, -0.25) is 0 Å². The van der Waals surface area contributed by atoms with Gasteiger partial charge in [0.1, 0.15) is 0 Å². The molecule has 1 fully saturated rings. The van der Waals surface area contributed by atoms with Crippen LogP contribution in [0.15, 0.2) is 12.2 Å². The van der Waals surface area contributed by atoms with Crippen molar-refractivity contribution in [1.29, 1.82) is 0 Å². The molecule has 0 aromatic heterocycles. The minimum Gasteiger partial charge on any atom is -0.312 e. The first-order chi connectivity index (χ1) is 8.55. The van der Waals surface area contributed by atoms with Gasteiger partial charge in [-0.05, 0) is 50.1 Å². The lowest BCUT2D eigenvalue weighted by Gasteiger charge is -2.35. The fourth-order valence-corrected chi connectivity index (χ4v) is 3.13. The molecule has 0 radical (unpaired) electrons. The van der Waals surface area contributed by atoms with E-state index in [1.807, 2.05) is 0 Å². The highest BCUT2D eigenvalue weighted by molar-refractivity contribution is 4.92. The summed E-state index contributed by atoms with van der Waals surface area (Å²) in [5, 5.41) is 3.73. The van der Waals surface area contributed by atoms with E-state index in [1.165, 1.54) is 51.9 Å². The Labute approximate surface area is 113 Å². The number of allylic oxidation sites excluding steroid dienone is 2. The van der Waals surface area contributed by atoms with Gasteiger partial charge in [-0.15, -0.1) is 0 Å². The maximum absolute atomic E-state index is 3.73. The molecule has 2 aliphatic rings. The molecule has 1 heterocycles. The molecule has 2 nitrogen and oxygen atoms in total. The minimum atomic E-state index is 0.370. The zero-order chi connectivity index (χ0) is 13.0. The van der Waals surface area contributed by atoms with E-state index in [2.05, 4.69) is 43.1 Å². The average Bonchev–Trinajstić information content (AvgIpc) is 2.55. The van der Waals surface area contributed by atoms with Gasteiger partial charge in [-0.2, -0.15) is 0 Å². The van der Waals surface area contributed by atoms with E-state index in [0.29, 0.717) is 11.5 Å². The maximum Gasteiger partial charge on any atom is 0.0243 e. The Morgan fingerprint density at radius 3 is 2.78 bits per heavy atom. The van der Waals surface area contributed by atoms with Gasteiger partial charge in [0.2, 0.25) is 0 Å². The SMILES string of the molecule is CC(C)(C)C1CN(CC2CC=CCC2)CCCN1. The molecular weight excluding hydrogens is 220 g/mol. The number of nitrogens with zero attached hydrogens (tertiary/aromatic N) is 1. The molecule has 0 bridgehead atoms. The van der Waals surface area contributed by atoms with E-state index in [9.17, 15) is 0 Å². The molecule has 18 heavy (non-hydrogen) atoms. The van der Waals surface area contributed by atoms with Crippen LogP contribution in [0.3, 0.4) is 0 Å². The third-order valence-corrected chi connectivity index (χ3v) is 4.42. The molecule has 0 spiro atoms. The minimum absolute atomic E-state index is 0.370. The van der Waals surface area contributed by atoms with Crippen molar-refractivity contribution in [2.45, 2.75) is 52.5 Å². The van der Waals surface area contributed by atoms with Crippen molar-refractivity contribution in [3.63, 3.8) is 0 Å². The third kappa shape index (κ3) is 4.10. The normalized spacial score (nSPS) is 31.3. The molecule has 0 aromatic carbocycles. The number of nitrogens with one attached hydrogen (secondary N) is 1. The van der Waals surface area contributed by atoms with E-state index in [0.717, 1.165) is 5.92 Å². The maximum atomic E-state index is 3.73. The van der Waals surface area contributed by atoms with Gasteiger partial charge in [0.25, 0.3) is 0 Å². The van der Waals surface area contributed by atoms with E-state index in [4.69, 9.17) is 0 Å².